The van der Waals surface area contributed by atoms with Gasteiger partial charge in [0.05, 0.1) is 30.3 Å². The minimum atomic E-state index is -0.662. The highest BCUT2D eigenvalue weighted by atomic mass is 19.1. The van der Waals surface area contributed by atoms with Gasteiger partial charge < -0.3 is 19.5 Å². The molecule has 44 heavy (non-hydrogen) atoms. The summed E-state index contributed by atoms with van der Waals surface area (Å²) in [6, 6.07) is 6.78. The van der Waals surface area contributed by atoms with E-state index in [4.69, 9.17) is 4.74 Å². The van der Waals surface area contributed by atoms with Crippen molar-refractivity contribution < 1.29 is 18.3 Å². The van der Waals surface area contributed by atoms with Gasteiger partial charge in [-0.1, -0.05) is 6.07 Å². The van der Waals surface area contributed by atoms with Gasteiger partial charge in [0.25, 0.3) is 0 Å². The van der Waals surface area contributed by atoms with Crippen LogP contribution in [0.25, 0.3) is 22.3 Å². The van der Waals surface area contributed by atoms with Crippen molar-refractivity contribution in [1.82, 2.24) is 34.3 Å². The summed E-state index contributed by atoms with van der Waals surface area (Å²) in [6.07, 6.45) is 5.36. The number of anilines is 2. The van der Waals surface area contributed by atoms with E-state index in [1.807, 2.05) is 49.3 Å². The Hall–Kier alpha value is -4.03. The van der Waals surface area contributed by atoms with Crippen LogP contribution < -0.4 is 5.32 Å². The molecule has 4 aromatic rings. The van der Waals surface area contributed by atoms with Gasteiger partial charge in [-0.2, -0.15) is 0 Å². The Labute approximate surface area is 255 Å². The van der Waals surface area contributed by atoms with Gasteiger partial charge in [-0.3, -0.25) is 9.69 Å². The first-order valence-electron chi connectivity index (χ1n) is 15.2. The van der Waals surface area contributed by atoms with E-state index in [2.05, 4.69) is 30.2 Å². The monoisotopic (exact) mass is 604 g/mol. The first kappa shape index (κ1) is 30.0. The molecule has 1 aromatic carbocycles. The fourth-order valence-electron chi connectivity index (χ4n) is 6.31. The highest BCUT2D eigenvalue weighted by Gasteiger charge is 2.36. The maximum Gasteiger partial charge on any atom is 0.229 e. The van der Waals surface area contributed by atoms with Gasteiger partial charge in [-0.05, 0) is 64.3 Å². The number of carbonyl (C=O) groups is 1. The quantitative estimate of drug-likeness (QED) is 0.285. The number of hydrogen-bond donors (Lipinski definition) is 1. The largest absolute Gasteiger partial charge is 0.372 e. The summed E-state index contributed by atoms with van der Waals surface area (Å²) in [7, 11) is 0. The van der Waals surface area contributed by atoms with Gasteiger partial charge in [0.15, 0.2) is 11.6 Å². The number of fused-ring (bicyclic) bond motifs is 1. The summed E-state index contributed by atoms with van der Waals surface area (Å²) in [6.45, 7) is 12.2. The molecule has 1 N–H and O–H groups in total. The normalized spacial score (nSPS) is 19.3. The number of ether oxygens (including phenoxy) is 1. The lowest BCUT2D eigenvalue weighted by molar-refractivity contribution is -0.145. The molecule has 3 aromatic heterocycles. The fraction of sp³-hybridized carbons (Fsp3) is 0.469. The zero-order chi connectivity index (χ0) is 31.0. The Balaban J connectivity index is 1.13. The van der Waals surface area contributed by atoms with Crippen LogP contribution in [-0.2, 0) is 16.1 Å². The van der Waals surface area contributed by atoms with Crippen LogP contribution in [0, 0.1) is 18.6 Å². The van der Waals surface area contributed by atoms with Gasteiger partial charge in [0.2, 0.25) is 11.9 Å². The Morgan fingerprint density at radius 1 is 1.07 bits per heavy atom. The third-order valence-corrected chi connectivity index (χ3v) is 8.33. The molecule has 2 aliphatic rings. The van der Waals surface area contributed by atoms with E-state index in [9.17, 15) is 9.18 Å². The van der Waals surface area contributed by atoms with E-state index < -0.39 is 17.2 Å². The average Bonchev–Trinajstić information content (AvgIpc) is 3.63. The molecule has 232 valence electrons. The standard InChI is InChI=1S/C32H38F2N8O2/c1-20(2)42-21(3)37-30-24(33)13-23(14-26(30)42)29-25(34)17-36-31(39-29)38-27-8-7-22(16-35-27)18-40-11-12-44-32(4,19-40)15-28(43)41-9-5-6-10-41/h7-8,13-14,16-17,20H,5-6,9-12,15,18-19H2,1-4H3,(H,35,36,38,39)/t32-/m1/s1. The van der Waals surface area contributed by atoms with Crippen LogP contribution in [0.2, 0.25) is 0 Å². The van der Waals surface area contributed by atoms with Crippen molar-refractivity contribution in [3.8, 4) is 11.3 Å². The highest BCUT2D eigenvalue weighted by Crippen LogP contribution is 2.31. The molecule has 0 unspecified atom stereocenters. The van der Waals surface area contributed by atoms with Crippen LogP contribution in [-0.4, -0.2) is 78.6 Å². The smallest absolute Gasteiger partial charge is 0.229 e. The molecule has 2 fully saturated rings. The molecule has 0 aliphatic carbocycles. The molecule has 10 nitrogen and oxygen atoms in total. The Bertz CT molecular complexity index is 1670. The Morgan fingerprint density at radius 3 is 2.59 bits per heavy atom. The number of hydrogen-bond acceptors (Lipinski definition) is 8. The number of aromatic nitrogens is 5. The van der Waals surface area contributed by atoms with E-state index in [0.717, 1.165) is 44.2 Å². The van der Waals surface area contributed by atoms with Gasteiger partial charge in [0.1, 0.15) is 22.9 Å². The van der Waals surface area contributed by atoms with E-state index >= 15 is 4.39 Å². The zero-order valence-corrected chi connectivity index (χ0v) is 25.6. The molecule has 1 atom stereocenters. The number of carbonyl (C=O) groups excluding carboxylic acids is 1. The van der Waals surface area contributed by atoms with Crippen molar-refractivity contribution in [2.75, 3.05) is 38.1 Å². The second-order valence-electron chi connectivity index (χ2n) is 12.3. The molecule has 0 bridgehead atoms. The molecule has 2 aliphatic heterocycles. The lowest BCUT2D eigenvalue weighted by atomic mass is 9.98. The van der Waals surface area contributed by atoms with Gasteiger partial charge in [-0.15, -0.1) is 0 Å². The van der Waals surface area contributed by atoms with Crippen molar-refractivity contribution in [3.63, 3.8) is 0 Å². The number of imidazole rings is 1. The van der Waals surface area contributed by atoms with Crippen molar-refractivity contribution in [1.29, 1.82) is 0 Å². The number of halogens is 2. The van der Waals surface area contributed by atoms with E-state index in [1.54, 1.807) is 12.3 Å². The SMILES string of the molecule is Cc1nc2c(F)cc(-c3nc(Nc4ccc(CN5CCO[C@](C)(CC(=O)N6CCCC6)C5)cn4)ncc3F)cc2n1C(C)C. The third-order valence-electron chi connectivity index (χ3n) is 8.33. The molecule has 0 saturated carbocycles. The molecule has 2 saturated heterocycles. The van der Waals surface area contributed by atoms with Crippen molar-refractivity contribution in [2.24, 2.45) is 0 Å². The van der Waals surface area contributed by atoms with Crippen LogP contribution in [0.15, 0.2) is 36.7 Å². The number of amides is 1. The van der Waals surface area contributed by atoms with Crippen LogP contribution in [0.3, 0.4) is 0 Å². The van der Waals surface area contributed by atoms with E-state index in [0.29, 0.717) is 48.8 Å². The predicted molar refractivity (Wildman–Crippen MR) is 163 cm³/mol. The second-order valence-corrected chi connectivity index (χ2v) is 12.3. The topological polar surface area (TPSA) is 101 Å². The summed E-state index contributed by atoms with van der Waals surface area (Å²) >= 11 is 0. The highest BCUT2D eigenvalue weighted by molar-refractivity contribution is 5.83. The van der Waals surface area contributed by atoms with Crippen LogP contribution in [0.1, 0.15) is 57.5 Å². The van der Waals surface area contributed by atoms with Crippen molar-refractivity contribution >= 4 is 28.7 Å². The summed E-state index contributed by atoms with van der Waals surface area (Å²) in [5.74, 6) is 0.277. The second kappa shape index (κ2) is 12.2. The van der Waals surface area contributed by atoms with Crippen LogP contribution in [0.4, 0.5) is 20.5 Å². The number of likely N-dealkylation sites (tertiary alicyclic amines) is 1. The van der Waals surface area contributed by atoms with E-state index in [1.165, 1.54) is 6.07 Å². The minimum Gasteiger partial charge on any atom is -0.372 e. The first-order valence-corrected chi connectivity index (χ1v) is 15.2. The van der Waals surface area contributed by atoms with E-state index in [-0.39, 0.29) is 29.1 Å². The lowest BCUT2D eigenvalue weighted by Crippen LogP contribution is -2.51. The molecular formula is C32H38F2N8O2. The fourth-order valence-corrected chi connectivity index (χ4v) is 6.31. The van der Waals surface area contributed by atoms with Gasteiger partial charge in [-0.25, -0.2) is 28.7 Å². The molecule has 0 spiro atoms. The molecule has 6 rings (SSSR count). The van der Waals surface area contributed by atoms with Gasteiger partial charge >= 0.3 is 0 Å². The Morgan fingerprint density at radius 2 is 1.86 bits per heavy atom. The third kappa shape index (κ3) is 6.27. The van der Waals surface area contributed by atoms with Gasteiger partial charge in [0, 0.05) is 50.5 Å². The Kier molecular flexibility index (Phi) is 8.30. The maximum absolute atomic E-state index is 15.0. The summed E-state index contributed by atoms with van der Waals surface area (Å²) in [4.78, 5) is 34.3. The average molecular weight is 605 g/mol. The number of pyridine rings is 1. The van der Waals surface area contributed by atoms with Crippen LogP contribution in [0.5, 0.6) is 0 Å². The van der Waals surface area contributed by atoms with Crippen LogP contribution >= 0.6 is 0 Å². The number of morpholine rings is 1. The molecule has 1 amide bonds. The summed E-state index contributed by atoms with van der Waals surface area (Å²) < 4.78 is 37.9. The minimum absolute atomic E-state index is 0.0207. The number of rotatable bonds is 8. The van der Waals surface area contributed by atoms with Crippen molar-refractivity contribution in [2.45, 2.75) is 65.1 Å². The number of benzene rings is 1. The summed E-state index contributed by atoms with van der Waals surface area (Å²) in [5.41, 5.74) is 1.58. The number of nitrogens with one attached hydrogen (secondary N) is 1. The lowest BCUT2D eigenvalue weighted by Gasteiger charge is -2.40. The molecule has 12 heteroatoms. The first-order chi connectivity index (χ1) is 21.1. The molecular weight excluding hydrogens is 566 g/mol. The summed E-state index contributed by atoms with van der Waals surface area (Å²) in [5, 5.41) is 3.03. The predicted octanol–water partition coefficient (Wildman–Crippen LogP) is 5.40. The van der Waals surface area contributed by atoms with Crippen molar-refractivity contribution in [3.05, 3.63) is 59.7 Å². The number of aryl methyl sites for hydroxylation is 1. The maximum atomic E-state index is 15.0. The molecule has 0 radical (unpaired) electrons. The zero-order valence-electron chi connectivity index (χ0n) is 25.6. The number of nitrogens with zero attached hydrogens (tertiary/aromatic N) is 7. The molecule has 5 heterocycles.